The van der Waals surface area contributed by atoms with E-state index in [4.69, 9.17) is 16.3 Å². The van der Waals surface area contributed by atoms with E-state index in [-0.39, 0.29) is 28.8 Å². The molecule has 1 N–H and O–H groups in total. The maximum Gasteiger partial charge on any atom is 0.307 e. The summed E-state index contributed by atoms with van der Waals surface area (Å²) in [6.45, 7) is 2.45. The molecule has 1 aromatic rings. The van der Waals surface area contributed by atoms with Crippen molar-refractivity contribution < 1.29 is 27.7 Å². The van der Waals surface area contributed by atoms with Crippen molar-refractivity contribution in [3.05, 3.63) is 33.3 Å². The van der Waals surface area contributed by atoms with Crippen LogP contribution in [0.1, 0.15) is 32.6 Å². The van der Waals surface area contributed by atoms with Gasteiger partial charge in [0.05, 0.1) is 16.2 Å². The molecule has 0 aromatic heterocycles. The minimum Gasteiger partial charge on any atom is -0.452 e. The molecule has 0 saturated carbocycles. The van der Waals surface area contributed by atoms with Crippen LogP contribution in [0.15, 0.2) is 23.1 Å². The second-order valence-corrected chi connectivity index (χ2v) is 8.71. The lowest BCUT2D eigenvalue weighted by Gasteiger charge is -2.28. The van der Waals surface area contributed by atoms with Crippen molar-refractivity contribution >= 4 is 39.2 Å². The van der Waals surface area contributed by atoms with Crippen LogP contribution in [-0.4, -0.2) is 55.9 Å². The monoisotopic (exact) mass is 447 g/mol. The number of nitro benzene ring substituents is 1. The Hall–Kier alpha value is -2.24. The van der Waals surface area contributed by atoms with E-state index >= 15 is 0 Å². The van der Waals surface area contributed by atoms with E-state index in [1.165, 1.54) is 6.92 Å². The Morgan fingerprint density at radius 3 is 2.59 bits per heavy atom. The molecule has 10 nitrogen and oxygen atoms in total. The van der Waals surface area contributed by atoms with Crippen molar-refractivity contribution in [2.75, 3.05) is 19.6 Å². The number of nitrogens with zero attached hydrogens (tertiary/aromatic N) is 2. The summed E-state index contributed by atoms with van der Waals surface area (Å²) in [5.74, 6) is -1.00. The Kier molecular flexibility index (Phi) is 7.94. The molecule has 0 bridgehead atoms. The summed E-state index contributed by atoms with van der Waals surface area (Å²) in [4.78, 5) is 35.6. The van der Waals surface area contributed by atoms with Crippen LogP contribution in [0.2, 0.25) is 5.02 Å². The Bertz CT molecular complexity index is 885. The molecule has 1 aromatic carbocycles. The fraction of sp³-hybridized carbons (Fsp3) is 0.529. The highest BCUT2D eigenvalue weighted by atomic mass is 35.5. The normalized spacial score (nSPS) is 15.6. The van der Waals surface area contributed by atoms with Gasteiger partial charge in [0, 0.05) is 25.7 Å². The molecule has 1 saturated heterocycles. The molecule has 1 fully saturated rings. The van der Waals surface area contributed by atoms with Gasteiger partial charge in [0.15, 0.2) is 6.10 Å². The number of halogens is 1. The Morgan fingerprint density at radius 1 is 1.31 bits per heavy atom. The first-order valence-corrected chi connectivity index (χ1v) is 10.9. The van der Waals surface area contributed by atoms with Crippen molar-refractivity contribution in [1.82, 2.24) is 9.62 Å². The quantitative estimate of drug-likeness (QED) is 0.365. The van der Waals surface area contributed by atoms with Crippen molar-refractivity contribution in [2.24, 2.45) is 0 Å². The van der Waals surface area contributed by atoms with E-state index in [1.54, 1.807) is 4.90 Å². The van der Waals surface area contributed by atoms with Gasteiger partial charge in [-0.15, -0.1) is 0 Å². The number of ether oxygens (including phenoxy) is 1. The van der Waals surface area contributed by atoms with Gasteiger partial charge in [-0.2, -0.15) is 0 Å². The van der Waals surface area contributed by atoms with Crippen LogP contribution in [0, 0.1) is 10.1 Å². The van der Waals surface area contributed by atoms with Gasteiger partial charge in [0.2, 0.25) is 10.0 Å². The van der Waals surface area contributed by atoms with Gasteiger partial charge in [0.1, 0.15) is 5.02 Å². The third-order valence-electron chi connectivity index (χ3n) is 4.37. The fourth-order valence-corrected chi connectivity index (χ4v) is 4.09. The molecule has 0 radical (unpaired) electrons. The predicted molar refractivity (Wildman–Crippen MR) is 104 cm³/mol. The Balaban J connectivity index is 1.86. The number of sulfonamides is 1. The molecule has 0 unspecified atom stereocenters. The fourth-order valence-electron chi connectivity index (χ4n) is 2.85. The lowest BCUT2D eigenvalue weighted by molar-refractivity contribution is -0.384. The lowest BCUT2D eigenvalue weighted by Crippen LogP contribution is -2.42. The highest BCUT2D eigenvalue weighted by molar-refractivity contribution is 7.89. The smallest absolute Gasteiger partial charge is 0.307 e. The van der Waals surface area contributed by atoms with E-state index in [0.29, 0.717) is 13.1 Å². The molecular formula is C17H22ClN3O7S. The van der Waals surface area contributed by atoms with E-state index in [0.717, 1.165) is 37.5 Å². The van der Waals surface area contributed by atoms with Crippen molar-refractivity contribution in [2.45, 2.75) is 43.6 Å². The summed E-state index contributed by atoms with van der Waals surface area (Å²) in [5, 5.41) is 10.7. The second-order valence-electron chi connectivity index (χ2n) is 6.54. The maximum absolute atomic E-state index is 12.2. The average Bonchev–Trinajstić information content (AvgIpc) is 2.67. The zero-order valence-electron chi connectivity index (χ0n) is 15.8. The van der Waals surface area contributed by atoms with Crippen molar-refractivity contribution in [1.29, 1.82) is 0 Å². The molecule has 1 aliphatic heterocycles. The average molecular weight is 448 g/mol. The number of hydrogen-bond acceptors (Lipinski definition) is 7. The van der Waals surface area contributed by atoms with E-state index in [9.17, 15) is 28.1 Å². The van der Waals surface area contributed by atoms with Gasteiger partial charge in [-0.05, 0) is 38.3 Å². The largest absolute Gasteiger partial charge is 0.452 e. The Morgan fingerprint density at radius 2 is 1.97 bits per heavy atom. The molecular weight excluding hydrogens is 426 g/mol. The number of amides is 1. The van der Waals surface area contributed by atoms with Gasteiger partial charge in [-0.1, -0.05) is 11.6 Å². The number of nitro groups is 1. The summed E-state index contributed by atoms with van der Waals surface area (Å²) >= 11 is 5.67. The number of rotatable bonds is 8. The highest BCUT2D eigenvalue weighted by Crippen LogP contribution is 2.26. The summed E-state index contributed by atoms with van der Waals surface area (Å²) < 4.78 is 31.7. The van der Waals surface area contributed by atoms with E-state index < -0.39 is 32.7 Å². The predicted octanol–water partition coefficient (Wildman–Crippen LogP) is 1.86. The SMILES string of the molecule is C[C@@H](OC(=O)CCNS(=O)(=O)c1ccc(Cl)c([N+](=O)[O-])c1)C(=O)N1CCCCC1. The Labute approximate surface area is 173 Å². The lowest BCUT2D eigenvalue weighted by atomic mass is 10.1. The van der Waals surface area contributed by atoms with Gasteiger partial charge >= 0.3 is 5.97 Å². The molecule has 1 aliphatic rings. The molecule has 0 spiro atoms. The number of carbonyl (C=O) groups is 2. The zero-order valence-corrected chi connectivity index (χ0v) is 17.4. The standard InChI is InChI=1S/C17H22ClN3O7S/c1-12(17(23)20-9-3-2-4-10-20)28-16(22)7-8-19-29(26,27)13-5-6-14(18)15(11-13)21(24)25/h5-6,11-12,19H,2-4,7-10H2,1H3/t12-/m1/s1. The zero-order chi connectivity index (χ0) is 21.6. The summed E-state index contributed by atoms with van der Waals surface area (Å²) in [6.07, 6.45) is 1.64. The summed E-state index contributed by atoms with van der Waals surface area (Å²) in [5.41, 5.74) is -0.543. The highest BCUT2D eigenvalue weighted by Gasteiger charge is 2.25. The second kappa shape index (κ2) is 9.99. The van der Waals surface area contributed by atoms with Gasteiger partial charge < -0.3 is 9.64 Å². The van der Waals surface area contributed by atoms with Gasteiger partial charge in [-0.3, -0.25) is 19.7 Å². The number of likely N-dealkylation sites (tertiary alicyclic amines) is 1. The van der Waals surface area contributed by atoms with Gasteiger partial charge in [0.25, 0.3) is 11.6 Å². The molecule has 1 atom stereocenters. The number of nitrogens with one attached hydrogen (secondary N) is 1. The minimum atomic E-state index is -4.09. The molecule has 1 amide bonds. The number of hydrogen-bond donors (Lipinski definition) is 1. The molecule has 2 rings (SSSR count). The first kappa shape index (κ1) is 23.0. The number of carbonyl (C=O) groups excluding carboxylic acids is 2. The van der Waals surface area contributed by atoms with Crippen LogP contribution in [-0.2, 0) is 24.3 Å². The van der Waals surface area contributed by atoms with Gasteiger partial charge in [-0.25, -0.2) is 13.1 Å². The third kappa shape index (κ3) is 6.38. The number of esters is 1. The molecule has 1 heterocycles. The molecule has 29 heavy (non-hydrogen) atoms. The van der Waals surface area contributed by atoms with Crippen LogP contribution >= 0.6 is 11.6 Å². The maximum atomic E-state index is 12.2. The number of piperidine rings is 1. The van der Waals surface area contributed by atoms with Crippen LogP contribution < -0.4 is 4.72 Å². The number of benzene rings is 1. The van der Waals surface area contributed by atoms with Crippen molar-refractivity contribution in [3.63, 3.8) is 0 Å². The first-order chi connectivity index (χ1) is 13.6. The molecule has 12 heteroatoms. The van der Waals surface area contributed by atoms with Crippen LogP contribution in [0.25, 0.3) is 0 Å². The van der Waals surface area contributed by atoms with E-state index in [2.05, 4.69) is 4.72 Å². The molecule has 0 aliphatic carbocycles. The van der Waals surface area contributed by atoms with E-state index in [1.807, 2.05) is 0 Å². The molecule has 160 valence electrons. The minimum absolute atomic E-state index is 0.190. The third-order valence-corrected chi connectivity index (χ3v) is 6.15. The summed E-state index contributed by atoms with van der Waals surface area (Å²) in [6, 6.07) is 3.06. The summed E-state index contributed by atoms with van der Waals surface area (Å²) in [7, 11) is -4.09. The van der Waals surface area contributed by atoms with Crippen LogP contribution in [0.4, 0.5) is 5.69 Å². The van der Waals surface area contributed by atoms with Crippen molar-refractivity contribution in [3.8, 4) is 0 Å². The van der Waals surface area contributed by atoms with Crippen LogP contribution in [0.5, 0.6) is 0 Å². The first-order valence-electron chi connectivity index (χ1n) is 9.03. The van der Waals surface area contributed by atoms with Crippen LogP contribution in [0.3, 0.4) is 0 Å². The topological polar surface area (TPSA) is 136 Å².